The third-order valence-electron chi connectivity index (χ3n) is 8.86. The lowest BCUT2D eigenvalue weighted by Gasteiger charge is -2.52. The molecular weight excluding hydrogens is 400 g/mol. The first kappa shape index (κ1) is 20.5. The summed E-state index contributed by atoms with van der Waals surface area (Å²) in [5, 5.41) is 4.65. The van der Waals surface area contributed by atoms with Crippen molar-refractivity contribution >= 4 is 22.4 Å². The number of ether oxygens (including phenoxy) is 1. The van der Waals surface area contributed by atoms with E-state index in [-0.39, 0.29) is 17.6 Å². The third-order valence-corrected chi connectivity index (χ3v) is 8.86. The lowest BCUT2D eigenvalue weighted by atomic mass is 9.54. The number of carbonyl (C=O) groups excluding carboxylic acids is 1. The minimum absolute atomic E-state index is 0.00837. The molecule has 3 bridgehead atoms. The second-order valence-electron chi connectivity index (χ2n) is 10.9. The smallest absolute Gasteiger partial charge is 0.258 e. The summed E-state index contributed by atoms with van der Waals surface area (Å²) >= 11 is 0. The van der Waals surface area contributed by atoms with Gasteiger partial charge in [-0.05, 0) is 92.7 Å². The van der Waals surface area contributed by atoms with Gasteiger partial charge in [0.1, 0.15) is 0 Å². The predicted octanol–water partition coefficient (Wildman–Crippen LogP) is 4.97. The monoisotopic (exact) mass is 434 g/mol. The topological polar surface area (TPSA) is 60.3 Å². The molecule has 1 saturated heterocycles. The van der Waals surface area contributed by atoms with E-state index in [2.05, 4.69) is 5.32 Å². The Balaban J connectivity index is 1.18. The van der Waals surface area contributed by atoms with Crippen molar-refractivity contribution in [3.63, 3.8) is 0 Å². The first-order valence-electron chi connectivity index (χ1n) is 12.7. The van der Waals surface area contributed by atoms with Gasteiger partial charge in [-0.3, -0.25) is 9.59 Å². The minimum atomic E-state index is -0.00837. The summed E-state index contributed by atoms with van der Waals surface area (Å²) in [7, 11) is 0. The van der Waals surface area contributed by atoms with Crippen LogP contribution in [-0.2, 0) is 16.1 Å². The summed E-state index contributed by atoms with van der Waals surface area (Å²) in [6.07, 6.45) is 12.8. The highest BCUT2D eigenvalue weighted by atomic mass is 16.5. The van der Waals surface area contributed by atoms with Gasteiger partial charge in [0.2, 0.25) is 5.91 Å². The van der Waals surface area contributed by atoms with Crippen LogP contribution in [0.1, 0.15) is 57.8 Å². The second-order valence-corrected chi connectivity index (χ2v) is 10.9. The number of carbonyl (C=O) groups is 1. The molecule has 2 aromatic rings. The van der Waals surface area contributed by atoms with Gasteiger partial charge in [-0.25, -0.2) is 0 Å². The number of rotatable bonds is 5. The van der Waals surface area contributed by atoms with Crippen LogP contribution < -0.4 is 10.9 Å². The third kappa shape index (κ3) is 3.79. The molecule has 2 heterocycles. The van der Waals surface area contributed by atoms with E-state index >= 15 is 0 Å². The highest BCUT2D eigenvalue weighted by Gasteiger charge is 2.45. The number of pyridine rings is 1. The number of nitrogens with one attached hydrogen (secondary N) is 1. The number of hydrogen-bond acceptors (Lipinski definition) is 3. The maximum atomic E-state index is 13.1. The summed E-state index contributed by atoms with van der Waals surface area (Å²) in [6, 6.07) is 7.63. The number of benzene rings is 1. The van der Waals surface area contributed by atoms with E-state index in [1.807, 2.05) is 30.5 Å². The van der Waals surface area contributed by atoms with Crippen molar-refractivity contribution in [3.8, 4) is 0 Å². The van der Waals surface area contributed by atoms with Crippen LogP contribution in [0.4, 0.5) is 5.69 Å². The van der Waals surface area contributed by atoms with E-state index in [4.69, 9.17) is 4.74 Å². The first-order chi connectivity index (χ1) is 15.6. The molecule has 0 spiro atoms. The first-order valence-corrected chi connectivity index (χ1v) is 12.7. The molecule has 0 radical (unpaired) electrons. The zero-order chi connectivity index (χ0) is 21.7. The van der Waals surface area contributed by atoms with Crippen LogP contribution in [0.2, 0.25) is 0 Å². The zero-order valence-electron chi connectivity index (χ0n) is 18.8. The highest BCUT2D eigenvalue weighted by Crippen LogP contribution is 2.55. The van der Waals surface area contributed by atoms with Crippen LogP contribution in [-0.4, -0.2) is 23.2 Å². The molecule has 32 heavy (non-hydrogen) atoms. The Hall–Kier alpha value is -2.14. The van der Waals surface area contributed by atoms with Gasteiger partial charge in [0.05, 0.1) is 12.6 Å². The normalized spacial score (nSPS) is 33.5. The number of amides is 1. The fourth-order valence-corrected chi connectivity index (χ4v) is 7.53. The van der Waals surface area contributed by atoms with Gasteiger partial charge in [-0.1, -0.05) is 12.5 Å². The average Bonchev–Trinajstić information content (AvgIpc) is 3.28. The molecule has 6 rings (SSSR count). The molecular formula is C27H34N2O3. The van der Waals surface area contributed by atoms with E-state index in [0.29, 0.717) is 24.3 Å². The summed E-state index contributed by atoms with van der Waals surface area (Å²) < 4.78 is 7.45. The fraction of sp³-hybridized carbons (Fsp3) is 0.630. The van der Waals surface area contributed by atoms with Crippen LogP contribution in [0, 0.1) is 29.6 Å². The number of nitrogens with zero attached hydrogens (tertiary/aromatic N) is 1. The maximum absolute atomic E-state index is 13.1. The van der Waals surface area contributed by atoms with E-state index in [0.717, 1.165) is 54.2 Å². The standard InChI is InChI=1S/C27H34N2O3/c30-26(15-20-14-18-11-17-6-7-22(20)19(12-17)13-18)28-25-5-1-4-24-23(25)8-9-29(27(24)31)16-21-3-2-10-32-21/h1,4-5,8-9,17-22H,2-3,6-7,10-16H2,(H,28,30)/t17?,18?,19?,20?,21-,22?/m1/s1. The van der Waals surface area contributed by atoms with Crippen LogP contribution >= 0.6 is 0 Å². The fourth-order valence-electron chi connectivity index (χ4n) is 7.53. The second kappa shape index (κ2) is 8.33. The molecule has 5 nitrogen and oxygen atoms in total. The van der Waals surface area contributed by atoms with E-state index in [9.17, 15) is 9.59 Å². The van der Waals surface area contributed by atoms with Crippen LogP contribution in [0.3, 0.4) is 0 Å². The molecule has 3 saturated carbocycles. The van der Waals surface area contributed by atoms with Crippen LogP contribution in [0.5, 0.6) is 0 Å². The Kier molecular flexibility index (Phi) is 5.33. The number of anilines is 1. The molecule has 1 aromatic heterocycles. The van der Waals surface area contributed by atoms with E-state index in [1.54, 1.807) is 4.57 Å². The zero-order valence-corrected chi connectivity index (χ0v) is 18.8. The molecule has 5 heteroatoms. The van der Waals surface area contributed by atoms with Crippen LogP contribution in [0.25, 0.3) is 10.8 Å². The largest absolute Gasteiger partial charge is 0.376 e. The van der Waals surface area contributed by atoms with Crippen LogP contribution in [0.15, 0.2) is 35.3 Å². The van der Waals surface area contributed by atoms with Gasteiger partial charge in [0.25, 0.3) is 5.56 Å². The SMILES string of the molecule is O=C(CC1CC2CC3CCC1C(C3)C2)Nc1cccc2c(=O)n(C[C@H]3CCCO3)ccc12. The summed E-state index contributed by atoms with van der Waals surface area (Å²) in [5.74, 6) is 4.04. The lowest BCUT2D eigenvalue weighted by molar-refractivity contribution is -0.119. The summed E-state index contributed by atoms with van der Waals surface area (Å²) in [6.45, 7) is 1.38. The Labute approximate surface area is 189 Å². The summed E-state index contributed by atoms with van der Waals surface area (Å²) in [5.41, 5.74) is 0.750. The van der Waals surface area contributed by atoms with Crippen molar-refractivity contribution in [3.05, 3.63) is 40.8 Å². The molecule has 1 amide bonds. The molecule has 4 aliphatic rings. The Morgan fingerprint density at radius 2 is 1.94 bits per heavy atom. The van der Waals surface area contributed by atoms with Gasteiger partial charge in [-0.15, -0.1) is 0 Å². The average molecular weight is 435 g/mol. The molecule has 6 atom stereocenters. The highest BCUT2D eigenvalue weighted by molar-refractivity contribution is 6.01. The Morgan fingerprint density at radius 3 is 2.81 bits per heavy atom. The van der Waals surface area contributed by atoms with E-state index in [1.165, 1.54) is 38.5 Å². The number of fused-ring (bicyclic) bond motifs is 3. The minimum Gasteiger partial charge on any atom is -0.376 e. The Bertz CT molecular complexity index is 1060. The van der Waals surface area contributed by atoms with Crippen molar-refractivity contribution in [2.24, 2.45) is 29.6 Å². The molecule has 4 fully saturated rings. The molecule has 5 unspecified atom stereocenters. The van der Waals surface area contributed by atoms with Gasteiger partial charge < -0.3 is 14.6 Å². The van der Waals surface area contributed by atoms with Crippen molar-refractivity contribution in [2.45, 2.75) is 70.4 Å². The molecule has 1 aromatic carbocycles. The van der Waals surface area contributed by atoms with Gasteiger partial charge in [-0.2, -0.15) is 0 Å². The Morgan fingerprint density at radius 1 is 1.03 bits per heavy atom. The number of aromatic nitrogens is 1. The quantitative estimate of drug-likeness (QED) is 0.723. The lowest BCUT2D eigenvalue weighted by Crippen LogP contribution is -2.43. The summed E-state index contributed by atoms with van der Waals surface area (Å²) in [4.78, 5) is 26.2. The van der Waals surface area contributed by atoms with Crippen molar-refractivity contribution in [2.75, 3.05) is 11.9 Å². The van der Waals surface area contributed by atoms with Crippen molar-refractivity contribution in [1.82, 2.24) is 4.57 Å². The molecule has 3 aliphatic carbocycles. The van der Waals surface area contributed by atoms with Crippen molar-refractivity contribution < 1.29 is 9.53 Å². The number of hydrogen-bond donors (Lipinski definition) is 1. The molecule has 170 valence electrons. The molecule has 1 N–H and O–H groups in total. The van der Waals surface area contributed by atoms with Crippen molar-refractivity contribution in [1.29, 1.82) is 0 Å². The van der Waals surface area contributed by atoms with Gasteiger partial charge in [0, 0.05) is 35.7 Å². The van der Waals surface area contributed by atoms with Gasteiger partial charge >= 0.3 is 0 Å². The predicted molar refractivity (Wildman–Crippen MR) is 126 cm³/mol. The van der Waals surface area contributed by atoms with E-state index < -0.39 is 0 Å². The maximum Gasteiger partial charge on any atom is 0.258 e. The molecule has 1 aliphatic heterocycles. The van der Waals surface area contributed by atoms with Gasteiger partial charge in [0.15, 0.2) is 0 Å².